The van der Waals surface area contributed by atoms with Gasteiger partial charge in [-0.05, 0) is 47.7 Å². The number of allylic oxidation sites excluding steroid dienone is 1. The van der Waals surface area contributed by atoms with E-state index in [4.69, 9.17) is 0 Å². The molecule has 0 atom stereocenters. The first kappa shape index (κ1) is 18.6. The van der Waals surface area contributed by atoms with Crippen LogP contribution in [-0.2, 0) is 11.3 Å². The van der Waals surface area contributed by atoms with Crippen LogP contribution in [-0.4, -0.2) is 10.8 Å². The second kappa shape index (κ2) is 8.49. The lowest BCUT2D eigenvalue weighted by Crippen LogP contribution is -2.29. The monoisotopic (exact) mass is 385 g/mol. The molecular weight excluding hydrogens is 362 g/mol. The molecule has 0 N–H and O–H groups in total. The number of hydrogen-bond donors (Lipinski definition) is 0. The molecule has 3 heteroatoms. The van der Waals surface area contributed by atoms with Crippen molar-refractivity contribution in [3.63, 3.8) is 0 Å². The fourth-order valence-electron chi connectivity index (χ4n) is 3.50. The van der Waals surface area contributed by atoms with Crippen molar-refractivity contribution in [3.05, 3.63) is 102 Å². The molecule has 3 aromatic rings. The molecule has 0 aliphatic heterocycles. The van der Waals surface area contributed by atoms with Gasteiger partial charge in [0, 0.05) is 10.5 Å². The maximum absolute atomic E-state index is 13.2. The zero-order valence-corrected chi connectivity index (χ0v) is 16.6. The molecule has 0 saturated carbocycles. The molecule has 0 unspecified atom stereocenters. The normalized spacial score (nSPS) is 13.4. The van der Waals surface area contributed by atoms with Gasteiger partial charge in [0.1, 0.15) is 0 Å². The van der Waals surface area contributed by atoms with Crippen LogP contribution in [0.5, 0.6) is 0 Å². The average Bonchev–Trinajstić information content (AvgIpc) is 3.27. The lowest BCUT2D eigenvalue weighted by atomic mass is 10.1. The molecule has 0 heterocycles. The number of nitrogens with zero attached hydrogens (tertiary/aromatic N) is 1. The summed E-state index contributed by atoms with van der Waals surface area (Å²) in [5.41, 5.74) is 2.02. The van der Waals surface area contributed by atoms with Gasteiger partial charge in [-0.1, -0.05) is 85.1 Å². The van der Waals surface area contributed by atoms with E-state index in [0.717, 1.165) is 40.3 Å². The van der Waals surface area contributed by atoms with Crippen LogP contribution in [0.15, 0.2) is 101 Å². The third-order valence-electron chi connectivity index (χ3n) is 5.00. The molecule has 140 valence electrons. The van der Waals surface area contributed by atoms with Crippen LogP contribution in [0.25, 0.3) is 10.8 Å². The van der Waals surface area contributed by atoms with Gasteiger partial charge in [0.05, 0.1) is 11.6 Å². The van der Waals surface area contributed by atoms with Crippen molar-refractivity contribution in [2.45, 2.75) is 30.7 Å². The number of thioether (sulfide) groups is 1. The maximum Gasteiger partial charge on any atom is 0.254 e. The summed E-state index contributed by atoms with van der Waals surface area (Å²) in [5.74, 6) is 0.0830. The van der Waals surface area contributed by atoms with E-state index in [9.17, 15) is 4.79 Å². The number of carbonyl (C=O) groups excluding carboxylic acids is 1. The van der Waals surface area contributed by atoms with E-state index in [0.29, 0.717) is 6.54 Å². The highest BCUT2D eigenvalue weighted by Crippen LogP contribution is 2.33. The van der Waals surface area contributed by atoms with E-state index in [-0.39, 0.29) is 5.91 Å². The third-order valence-corrected chi connectivity index (χ3v) is 5.95. The van der Waals surface area contributed by atoms with Gasteiger partial charge < -0.3 is 0 Å². The van der Waals surface area contributed by atoms with E-state index in [1.165, 1.54) is 10.8 Å². The lowest BCUT2D eigenvalue weighted by molar-refractivity contribution is -0.125. The molecule has 4 rings (SSSR count). The summed E-state index contributed by atoms with van der Waals surface area (Å²) in [6, 6.07) is 24.8. The summed E-state index contributed by atoms with van der Waals surface area (Å²) in [6.45, 7) is 4.80. The Hall–Kier alpha value is -2.78. The maximum atomic E-state index is 13.2. The minimum Gasteiger partial charge on any atom is -0.299 e. The zero-order valence-electron chi connectivity index (χ0n) is 15.8. The number of fused-ring (bicyclic) bond motifs is 1. The standard InChI is InChI=1S/C25H23NOS/c1-19(28-24-16-15-21-11-5-8-14-23(21)17-24)26(18-20-9-3-2-4-10-20)25(27)22-12-6-7-13-22/h2-5,8-12,14-17H,1,6-7,13,18H2. The third kappa shape index (κ3) is 4.20. The highest BCUT2D eigenvalue weighted by Gasteiger charge is 2.23. The van der Waals surface area contributed by atoms with Crippen molar-refractivity contribution >= 4 is 28.4 Å². The molecule has 1 aliphatic carbocycles. The lowest BCUT2D eigenvalue weighted by Gasteiger charge is -2.25. The highest BCUT2D eigenvalue weighted by atomic mass is 32.2. The minimum absolute atomic E-state index is 0.0830. The Balaban J connectivity index is 1.58. The Morgan fingerprint density at radius 1 is 0.964 bits per heavy atom. The van der Waals surface area contributed by atoms with Crippen LogP contribution in [0.2, 0.25) is 0 Å². The summed E-state index contributed by atoms with van der Waals surface area (Å²) >= 11 is 1.56. The molecule has 0 aromatic heterocycles. The molecule has 0 saturated heterocycles. The summed E-state index contributed by atoms with van der Waals surface area (Å²) in [7, 11) is 0. The fraction of sp³-hybridized carbons (Fsp3) is 0.160. The zero-order chi connectivity index (χ0) is 19.3. The van der Waals surface area contributed by atoms with E-state index >= 15 is 0 Å². The van der Waals surface area contributed by atoms with Crippen molar-refractivity contribution in [1.82, 2.24) is 4.90 Å². The average molecular weight is 386 g/mol. The molecule has 0 fully saturated rings. The van der Waals surface area contributed by atoms with Gasteiger partial charge in [0.2, 0.25) is 0 Å². The molecule has 2 nitrogen and oxygen atoms in total. The topological polar surface area (TPSA) is 20.3 Å². The highest BCUT2D eigenvalue weighted by molar-refractivity contribution is 8.03. The van der Waals surface area contributed by atoms with Crippen molar-refractivity contribution in [2.75, 3.05) is 0 Å². The number of hydrogen-bond acceptors (Lipinski definition) is 2. The van der Waals surface area contributed by atoms with Crippen LogP contribution in [0.1, 0.15) is 24.8 Å². The molecular formula is C25H23NOS. The van der Waals surface area contributed by atoms with Crippen molar-refractivity contribution in [2.24, 2.45) is 0 Å². The largest absolute Gasteiger partial charge is 0.299 e. The number of carbonyl (C=O) groups is 1. The van der Waals surface area contributed by atoms with E-state index in [1.807, 2.05) is 35.2 Å². The quantitative estimate of drug-likeness (QED) is 0.449. The van der Waals surface area contributed by atoms with Crippen LogP contribution in [0, 0.1) is 0 Å². The van der Waals surface area contributed by atoms with Crippen molar-refractivity contribution in [1.29, 1.82) is 0 Å². The summed E-state index contributed by atoms with van der Waals surface area (Å²) in [6.07, 6.45) is 4.99. The fourth-order valence-corrected chi connectivity index (χ4v) is 4.35. The van der Waals surface area contributed by atoms with E-state index in [1.54, 1.807) is 11.8 Å². The van der Waals surface area contributed by atoms with Gasteiger partial charge in [-0.3, -0.25) is 9.69 Å². The Kier molecular flexibility index (Phi) is 5.63. The molecule has 0 spiro atoms. The predicted octanol–water partition coefficient (Wildman–Crippen LogP) is 6.54. The number of amides is 1. The van der Waals surface area contributed by atoms with Crippen LogP contribution in [0.4, 0.5) is 0 Å². The van der Waals surface area contributed by atoms with Crippen molar-refractivity contribution < 1.29 is 4.79 Å². The SMILES string of the molecule is C=C(Sc1ccc2ccccc2c1)N(Cc1ccccc1)C(=O)C1=CCCC1. The summed E-state index contributed by atoms with van der Waals surface area (Å²) in [5, 5.41) is 3.17. The Labute approximate surface area is 170 Å². The van der Waals surface area contributed by atoms with Crippen molar-refractivity contribution in [3.8, 4) is 0 Å². The van der Waals surface area contributed by atoms with Gasteiger partial charge in [0.15, 0.2) is 0 Å². The summed E-state index contributed by atoms with van der Waals surface area (Å²) in [4.78, 5) is 16.1. The molecule has 1 amide bonds. The minimum atomic E-state index is 0.0830. The second-order valence-electron chi connectivity index (χ2n) is 7.00. The second-order valence-corrected chi connectivity index (χ2v) is 8.15. The Morgan fingerprint density at radius 2 is 1.71 bits per heavy atom. The van der Waals surface area contributed by atoms with Gasteiger partial charge in [-0.15, -0.1) is 0 Å². The predicted molar refractivity (Wildman–Crippen MR) is 118 cm³/mol. The first-order valence-corrected chi connectivity index (χ1v) is 10.4. The van der Waals surface area contributed by atoms with Crippen LogP contribution >= 0.6 is 11.8 Å². The van der Waals surface area contributed by atoms with E-state index in [2.05, 4.69) is 55.1 Å². The molecule has 28 heavy (non-hydrogen) atoms. The van der Waals surface area contributed by atoms with E-state index < -0.39 is 0 Å². The molecule has 0 bridgehead atoms. The first-order valence-electron chi connectivity index (χ1n) is 9.61. The molecule has 3 aromatic carbocycles. The molecule has 0 radical (unpaired) electrons. The van der Waals surface area contributed by atoms with Crippen LogP contribution < -0.4 is 0 Å². The van der Waals surface area contributed by atoms with Gasteiger partial charge in [-0.2, -0.15) is 0 Å². The first-order chi connectivity index (χ1) is 13.7. The molecule has 1 aliphatic rings. The number of rotatable bonds is 6. The van der Waals surface area contributed by atoms with Gasteiger partial charge in [0.25, 0.3) is 5.91 Å². The number of benzene rings is 3. The summed E-state index contributed by atoms with van der Waals surface area (Å²) < 4.78 is 0. The Bertz CT molecular complexity index is 1040. The smallest absolute Gasteiger partial charge is 0.254 e. The van der Waals surface area contributed by atoms with Gasteiger partial charge >= 0.3 is 0 Å². The van der Waals surface area contributed by atoms with Crippen LogP contribution in [0.3, 0.4) is 0 Å². The van der Waals surface area contributed by atoms with Gasteiger partial charge in [-0.25, -0.2) is 0 Å². The Morgan fingerprint density at radius 3 is 2.46 bits per heavy atom.